The molecule has 0 bridgehead atoms. The highest BCUT2D eigenvalue weighted by Gasteiger charge is 2.51. The number of nitro groups is 3. The van der Waals surface area contributed by atoms with Crippen LogP contribution in [0, 0.1) is 30.3 Å². The number of anilines is 3. The summed E-state index contributed by atoms with van der Waals surface area (Å²) in [6.45, 7) is -3.39. The molecule has 0 unspecified atom stereocenters. The zero-order valence-corrected chi connectivity index (χ0v) is 44.8. The number of fused-ring (bicyclic) bond motifs is 3. The number of aliphatic hydroxyl groups is 6. The van der Waals surface area contributed by atoms with E-state index >= 15 is 0 Å². The van der Waals surface area contributed by atoms with E-state index in [0.717, 1.165) is 36.4 Å². The van der Waals surface area contributed by atoms with Crippen LogP contribution in [0.5, 0.6) is 0 Å². The van der Waals surface area contributed by atoms with Crippen LogP contribution in [-0.4, -0.2) is 191 Å². The van der Waals surface area contributed by atoms with Crippen molar-refractivity contribution in [2.24, 2.45) is 0 Å². The molecule has 0 radical (unpaired) electrons. The van der Waals surface area contributed by atoms with Crippen molar-refractivity contribution in [1.82, 2.24) is 28.7 Å². The van der Waals surface area contributed by atoms with E-state index < -0.39 is 183 Å². The summed E-state index contributed by atoms with van der Waals surface area (Å²) < 4.78 is 51.4. The second-order valence-electron chi connectivity index (χ2n) is 19.9. The van der Waals surface area contributed by atoms with Gasteiger partial charge in [-0.1, -0.05) is 0 Å². The molecule has 12 atom stereocenters. The fourth-order valence-corrected chi connectivity index (χ4v) is 11.2. The summed E-state index contributed by atoms with van der Waals surface area (Å²) in [4.78, 5) is 123. The molecule has 83 heavy (non-hydrogen) atoms. The number of phosphoric acid groups is 1. The third-order valence-corrected chi connectivity index (χ3v) is 15.5. The Balaban J connectivity index is 1.03. The standard InChI is InChI=1S/C45H51N12O25P/c1-49(2)22-10-19-16(7-25(22)55(70)71)37(64)46-43(67)52(19)40-34(61)31(58)28(80-40)13-77-83(76,78-14-29-32(59)35(62)41(81-29)53-20-11-23(50(3)4)26(56(72)73)8-17(20)38(65)47-44(53)68)79-15-30-33(60)36(63)42(82-30)54-21-12-24(51(5)6)27(57(74)75)9-18(21)39(66)48-45(54)69/h7-12,28-36,40-42,58-63H,13-15H2,1-6H3,(H,46,64,67)(H,47,65,68)(H,48,66,69)/t28-,29-,30-,31-,32-,33-,34-,35-,36-,40-,41-,42-/m1/s1. The van der Waals surface area contributed by atoms with Crippen molar-refractivity contribution in [2.75, 3.05) is 76.8 Å². The minimum absolute atomic E-state index is 0.109. The fourth-order valence-electron chi connectivity index (χ4n) is 9.96. The van der Waals surface area contributed by atoms with Gasteiger partial charge in [0.2, 0.25) is 0 Å². The third kappa shape index (κ3) is 10.6. The molecule has 37 nitrogen and oxygen atoms in total. The number of phosphoric ester groups is 1. The summed E-state index contributed by atoms with van der Waals surface area (Å²) >= 11 is 0. The molecule has 3 aromatic heterocycles. The van der Waals surface area contributed by atoms with Gasteiger partial charge in [-0.25, -0.2) is 18.9 Å². The molecule has 3 aliphatic rings. The van der Waals surface area contributed by atoms with Gasteiger partial charge in [0, 0.05) is 60.5 Å². The van der Waals surface area contributed by atoms with E-state index in [4.69, 9.17) is 27.8 Å². The first-order valence-electron chi connectivity index (χ1n) is 24.5. The Morgan fingerprint density at radius 1 is 0.470 bits per heavy atom. The number of aromatic amines is 3. The summed E-state index contributed by atoms with van der Waals surface area (Å²) in [6, 6.07) is 5.86. The number of nitrogens with zero attached hydrogens (tertiary/aromatic N) is 9. The maximum Gasteiger partial charge on any atom is 0.475 e. The van der Waals surface area contributed by atoms with Crippen molar-refractivity contribution in [3.8, 4) is 0 Å². The number of H-pyrrole nitrogens is 3. The van der Waals surface area contributed by atoms with Crippen LogP contribution in [-0.2, 0) is 32.3 Å². The minimum Gasteiger partial charge on any atom is -0.387 e. The van der Waals surface area contributed by atoms with Gasteiger partial charge >= 0.3 is 24.9 Å². The van der Waals surface area contributed by atoms with Crippen LogP contribution in [0.1, 0.15) is 18.7 Å². The number of ether oxygens (including phenoxy) is 3. The lowest BCUT2D eigenvalue weighted by atomic mass is 10.1. The second-order valence-corrected chi connectivity index (χ2v) is 21.6. The van der Waals surface area contributed by atoms with Crippen LogP contribution in [0.25, 0.3) is 32.7 Å². The smallest absolute Gasteiger partial charge is 0.387 e. The molecule has 9 rings (SSSR count). The van der Waals surface area contributed by atoms with E-state index in [9.17, 15) is 94.3 Å². The lowest BCUT2D eigenvalue weighted by Gasteiger charge is -2.24. The average molecular weight is 1190 g/mol. The highest BCUT2D eigenvalue weighted by molar-refractivity contribution is 7.48. The monoisotopic (exact) mass is 1190 g/mol. The molecule has 446 valence electrons. The Bertz CT molecular complexity index is 3660. The second kappa shape index (κ2) is 22.2. The summed E-state index contributed by atoms with van der Waals surface area (Å²) in [5.74, 6) is 0. The van der Waals surface area contributed by atoms with Crippen LogP contribution < -0.4 is 48.4 Å². The zero-order valence-electron chi connectivity index (χ0n) is 43.9. The lowest BCUT2D eigenvalue weighted by molar-refractivity contribution is -0.384. The van der Waals surface area contributed by atoms with Crippen molar-refractivity contribution in [3.63, 3.8) is 0 Å². The molecule has 3 aliphatic heterocycles. The first-order chi connectivity index (χ1) is 38.9. The summed E-state index contributed by atoms with van der Waals surface area (Å²) in [6.07, 6.45) is -23.7. The topological polar surface area (TPSA) is 498 Å². The number of rotatable bonds is 18. The molecular formula is C45H51N12O25P. The Kier molecular flexibility index (Phi) is 15.9. The molecule has 0 aliphatic carbocycles. The Morgan fingerprint density at radius 2 is 0.711 bits per heavy atom. The number of benzene rings is 3. The van der Waals surface area contributed by atoms with Crippen LogP contribution >= 0.6 is 7.82 Å². The summed E-state index contributed by atoms with van der Waals surface area (Å²) in [7, 11) is 3.10. The molecule has 6 heterocycles. The Morgan fingerprint density at radius 3 is 0.928 bits per heavy atom. The van der Waals surface area contributed by atoms with Crippen molar-refractivity contribution < 1.29 is 77.8 Å². The van der Waals surface area contributed by atoms with Crippen molar-refractivity contribution >= 4 is 74.7 Å². The number of aliphatic hydroxyl groups excluding tert-OH is 6. The largest absolute Gasteiger partial charge is 0.475 e. The number of nitro benzene ring substituents is 3. The van der Waals surface area contributed by atoms with Crippen LogP contribution in [0.15, 0.2) is 65.2 Å². The van der Waals surface area contributed by atoms with Gasteiger partial charge in [0.25, 0.3) is 33.7 Å². The predicted octanol–water partition coefficient (Wildman–Crippen LogP) is -2.97. The Hall–Kier alpha value is -8.17. The predicted molar refractivity (Wildman–Crippen MR) is 283 cm³/mol. The molecule has 38 heteroatoms. The summed E-state index contributed by atoms with van der Waals surface area (Å²) in [5, 5.41) is 103. The zero-order chi connectivity index (χ0) is 60.7. The first-order valence-corrected chi connectivity index (χ1v) is 25.9. The number of nitrogens with one attached hydrogen (secondary N) is 3. The van der Waals surface area contributed by atoms with Gasteiger partial charge in [0.15, 0.2) is 18.7 Å². The van der Waals surface area contributed by atoms with Crippen molar-refractivity contribution in [2.45, 2.75) is 73.6 Å². The normalized spacial score (nSPS) is 25.4. The molecular weight excluding hydrogens is 1140 g/mol. The van der Waals surface area contributed by atoms with Gasteiger partial charge in [-0.2, -0.15) is 0 Å². The van der Waals surface area contributed by atoms with Gasteiger partial charge in [0.1, 0.15) is 72.0 Å². The van der Waals surface area contributed by atoms with Gasteiger partial charge < -0.3 is 59.5 Å². The van der Waals surface area contributed by atoms with Gasteiger partial charge in [-0.15, -0.1) is 0 Å². The lowest BCUT2D eigenvalue weighted by Crippen LogP contribution is -2.38. The quantitative estimate of drug-likeness (QED) is 0.0236. The molecule has 6 aromatic rings. The fraction of sp³-hybridized carbons (Fsp3) is 0.467. The third-order valence-electron chi connectivity index (χ3n) is 14.1. The first kappa shape index (κ1) is 59.5. The van der Waals surface area contributed by atoms with E-state index in [1.54, 1.807) is 0 Å². The van der Waals surface area contributed by atoms with E-state index in [1.807, 2.05) is 15.0 Å². The van der Waals surface area contributed by atoms with Crippen LogP contribution in [0.3, 0.4) is 0 Å². The highest BCUT2D eigenvalue weighted by Crippen LogP contribution is 2.52. The minimum atomic E-state index is -5.43. The van der Waals surface area contributed by atoms with Crippen molar-refractivity contribution in [3.05, 3.63) is 129 Å². The highest BCUT2D eigenvalue weighted by atomic mass is 31.2. The average Bonchev–Trinajstić information content (AvgIpc) is 4.09. The molecule has 9 N–H and O–H groups in total. The maximum atomic E-state index is 14.9. The Labute approximate surface area is 459 Å². The van der Waals surface area contributed by atoms with E-state index in [1.165, 1.54) is 57.0 Å². The number of aromatic nitrogens is 6. The maximum absolute atomic E-state index is 14.9. The molecule has 0 spiro atoms. The van der Waals surface area contributed by atoms with E-state index in [2.05, 4.69) is 0 Å². The molecule has 3 fully saturated rings. The van der Waals surface area contributed by atoms with Crippen LogP contribution in [0.4, 0.5) is 34.1 Å². The SMILES string of the molecule is CN(C)c1cc2c(cc1[N+](=O)[O-])c(=O)[nH]c(=O)n2[C@@H]1O[C@H](COP(=O)(OC[C@H]2O[C@@H](n3c(=O)[nH]c(=O)c4cc([N+](=O)[O-])c(N(C)C)cc43)[C@H](O)[C@@H]2O)OC[C@H]2O[C@@H](n3c(=O)[nH]c(=O)c4cc([N+](=O)[O-])c(N(C)C)cc43)[C@H](O)[C@@H]2O)[C@@H](O)[C@H]1O. The number of hydrogen-bond donors (Lipinski definition) is 9. The van der Waals surface area contributed by atoms with E-state index in [-0.39, 0.29) is 33.6 Å². The molecule has 3 aromatic carbocycles. The van der Waals surface area contributed by atoms with Crippen LogP contribution in [0.2, 0.25) is 0 Å². The van der Waals surface area contributed by atoms with E-state index in [0.29, 0.717) is 13.7 Å². The molecule has 0 amide bonds. The van der Waals surface area contributed by atoms with Gasteiger partial charge in [-0.3, -0.25) is 87.0 Å². The van der Waals surface area contributed by atoms with Gasteiger partial charge in [0.05, 0.1) is 67.3 Å². The summed E-state index contributed by atoms with van der Waals surface area (Å²) in [5.41, 5.74) is -9.83. The van der Waals surface area contributed by atoms with Gasteiger partial charge in [-0.05, 0) is 18.2 Å². The number of hydrogen-bond acceptors (Lipinski definition) is 28. The van der Waals surface area contributed by atoms with Crippen molar-refractivity contribution in [1.29, 1.82) is 0 Å². The molecule has 3 saturated heterocycles. The molecule has 0 saturated carbocycles.